The first kappa shape index (κ1) is 13.2. The molecule has 2 rings (SSSR count). The molecular formula is C12H12ClN5O. The van der Waals surface area contributed by atoms with Gasteiger partial charge in [0.2, 0.25) is 0 Å². The van der Waals surface area contributed by atoms with Crippen LogP contribution in [-0.2, 0) is 0 Å². The number of anilines is 2. The Morgan fingerprint density at radius 3 is 2.53 bits per heavy atom. The summed E-state index contributed by atoms with van der Waals surface area (Å²) in [4.78, 5) is 17.9. The van der Waals surface area contributed by atoms with E-state index >= 15 is 0 Å². The van der Waals surface area contributed by atoms with Gasteiger partial charge in [0, 0.05) is 14.1 Å². The number of rotatable bonds is 3. The first-order valence-corrected chi connectivity index (χ1v) is 5.88. The number of amides is 1. The van der Waals surface area contributed by atoms with E-state index in [1.807, 2.05) is 25.1 Å². The van der Waals surface area contributed by atoms with E-state index in [0.717, 1.165) is 5.82 Å². The largest absolute Gasteiger partial charge is 0.363 e. The smallest absolute Gasteiger partial charge is 0.276 e. The maximum absolute atomic E-state index is 11.8. The Labute approximate surface area is 115 Å². The molecule has 0 bridgehead atoms. The van der Waals surface area contributed by atoms with Crippen LogP contribution in [0.15, 0.2) is 30.5 Å². The molecule has 0 aliphatic carbocycles. The van der Waals surface area contributed by atoms with Crippen LogP contribution in [0.5, 0.6) is 0 Å². The van der Waals surface area contributed by atoms with E-state index in [0.29, 0.717) is 5.69 Å². The molecule has 0 spiro atoms. The first-order chi connectivity index (χ1) is 9.06. The number of hydrogen-bond donors (Lipinski definition) is 1. The molecule has 19 heavy (non-hydrogen) atoms. The van der Waals surface area contributed by atoms with Crippen LogP contribution in [0, 0.1) is 0 Å². The van der Waals surface area contributed by atoms with Gasteiger partial charge in [-0.1, -0.05) is 11.6 Å². The number of nitrogens with zero attached hydrogens (tertiary/aromatic N) is 4. The summed E-state index contributed by atoms with van der Waals surface area (Å²) in [5.41, 5.74) is 0.786. The number of carbonyl (C=O) groups is 1. The average molecular weight is 278 g/mol. The van der Waals surface area contributed by atoms with Crippen molar-refractivity contribution in [3.05, 3.63) is 41.3 Å². The molecule has 1 N–H and O–H groups in total. The molecule has 2 heterocycles. The van der Waals surface area contributed by atoms with Gasteiger partial charge in [0.25, 0.3) is 5.91 Å². The summed E-state index contributed by atoms with van der Waals surface area (Å²) in [5.74, 6) is 0.452. The van der Waals surface area contributed by atoms with Gasteiger partial charge in [0.05, 0.1) is 11.9 Å². The second kappa shape index (κ2) is 5.62. The highest BCUT2D eigenvalue weighted by Gasteiger charge is 2.08. The number of nitrogens with one attached hydrogen (secondary N) is 1. The normalized spacial score (nSPS) is 10.1. The van der Waals surface area contributed by atoms with Crippen LogP contribution in [0.1, 0.15) is 10.5 Å². The van der Waals surface area contributed by atoms with Crippen molar-refractivity contribution in [2.24, 2.45) is 0 Å². The van der Waals surface area contributed by atoms with Gasteiger partial charge in [-0.05, 0) is 24.3 Å². The van der Waals surface area contributed by atoms with Crippen LogP contribution in [0.3, 0.4) is 0 Å². The van der Waals surface area contributed by atoms with Gasteiger partial charge >= 0.3 is 0 Å². The van der Waals surface area contributed by atoms with Gasteiger partial charge in [-0.2, -0.15) is 0 Å². The summed E-state index contributed by atoms with van der Waals surface area (Å²) >= 11 is 5.60. The summed E-state index contributed by atoms with van der Waals surface area (Å²) in [7, 11) is 3.79. The zero-order chi connectivity index (χ0) is 13.8. The Bertz CT molecular complexity index is 568. The topological polar surface area (TPSA) is 71.0 Å². The lowest BCUT2D eigenvalue weighted by atomic mass is 10.3. The van der Waals surface area contributed by atoms with Crippen molar-refractivity contribution >= 4 is 29.0 Å². The van der Waals surface area contributed by atoms with E-state index in [1.54, 1.807) is 12.3 Å². The molecule has 7 heteroatoms. The van der Waals surface area contributed by atoms with Gasteiger partial charge in [-0.15, -0.1) is 10.2 Å². The second-order valence-corrected chi connectivity index (χ2v) is 4.38. The molecule has 0 saturated carbocycles. The van der Waals surface area contributed by atoms with E-state index in [4.69, 9.17) is 11.6 Å². The fraction of sp³-hybridized carbons (Fsp3) is 0.167. The van der Waals surface area contributed by atoms with Crippen molar-refractivity contribution in [2.45, 2.75) is 0 Å². The summed E-state index contributed by atoms with van der Waals surface area (Å²) in [6.45, 7) is 0. The van der Waals surface area contributed by atoms with Crippen molar-refractivity contribution < 1.29 is 4.79 Å². The molecule has 6 nitrogen and oxygen atoms in total. The number of carbonyl (C=O) groups excluding carboxylic acids is 1. The molecule has 2 aromatic heterocycles. The fourth-order valence-electron chi connectivity index (χ4n) is 1.36. The second-order valence-electron chi connectivity index (χ2n) is 3.99. The fourth-order valence-corrected chi connectivity index (χ4v) is 1.46. The van der Waals surface area contributed by atoms with Crippen LogP contribution in [-0.4, -0.2) is 35.2 Å². The highest BCUT2D eigenvalue weighted by Crippen LogP contribution is 2.12. The Morgan fingerprint density at radius 1 is 1.21 bits per heavy atom. The molecular weight excluding hydrogens is 266 g/mol. The third-order valence-electron chi connectivity index (χ3n) is 2.33. The molecule has 2 aromatic rings. The van der Waals surface area contributed by atoms with Gasteiger partial charge in [-0.3, -0.25) is 4.79 Å². The Kier molecular flexibility index (Phi) is 3.91. The monoisotopic (exact) mass is 277 g/mol. The van der Waals surface area contributed by atoms with E-state index in [2.05, 4.69) is 20.5 Å². The average Bonchev–Trinajstić information content (AvgIpc) is 2.40. The third kappa shape index (κ3) is 3.38. The lowest BCUT2D eigenvalue weighted by molar-refractivity contribution is 0.102. The minimum atomic E-state index is -0.358. The van der Waals surface area contributed by atoms with Gasteiger partial charge in [0.15, 0.2) is 10.8 Å². The lowest BCUT2D eigenvalue weighted by Crippen LogP contribution is -2.15. The lowest BCUT2D eigenvalue weighted by Gasteiger charge is -2.11. The molecule has 0 unspecified atom stereocenters. The predicted molar refractivity (Wildman–Crippen MR) is 73.6 cm³/mol. The highest BCUT2D eigenvalue weighted by atomic mass is 35.5. The maximum atomic E-state index is 11.8. The van der Waals surface area contributed by atoms with Crippen LogP contribution in [0.2, 0.25) is 5.15 Å². The zero-order valence-electron chi connectivity index (χ0n) is 10.5. The Balaban J connectivity index is 2.08. The van der Waals surface area contributed by atoms with Crippen molar-refractivity contribution in [2.75, 3.05) is 24.3 Å². The molecule has 1 amide bonds. The van der Waals surface area contributed by atoms with Crippen LogP contribution in [0.4, 0.5) is 11.5 Å². The Morgan fingerprint density at radius 2 is 2.00 bits per heavy atom. The Hall–Kier alpha value is -2.21. The molecule has 0 aliphatic rings. The molecule has 98 valence electrons. The number of aromatic nitrogens is 3. The van der Waals surface area contributed by atoms with Crippen molar-refractivity contribution in [1.82, 2.24) is 15.2 Å². The SMILES string of the molecule is CN(C)c1ccc(NC(=O)c2ccc(Cl)nn2)cn1. The quantitative estimate of drug-likeness (QED) is 0.927. The summed E-state index contributed by atoms with van der Waals surface area (Å²) in [5, 5.41) is 10.2. The van der Waals surface area contributed by atoms with Crippen molar-refractivity contribution in [1.29, 1.82) is 0 Å². The third-order valence-corrected chi connectivity index (χ3v) is 2.53. The molecule has 0 fully saturated rings. The molecule has 0 saturated heterocycles. The molecule has 0 aliphatic heterocycles. The van der Waals surface area contributed by atoms with E-state index < -0.39 is 0 Å². The number of halogens is 1. The van der Waals surface area contributed by atoms with Crippen LogP contribution < -0.4 is 10.2 Å². The number of hydrogen-bond acceptors (Lipinski definition) is 5. The van der Waals surface area contributed by atoms with Crippen molar-refractivity contribution in [3.8, 4) is 0 Å². The minimum Gasteiger partial charge on any atom is -0.363 e. The highest BCUT2D eigenvalue weighted by molar-refractivity contribution is 6.29. The maximum Gasteiger partial charge on any atom is 0.276 e. The van der Waals surface area contributed by atoms with Crippen LogP contribution in [0.25, 0.3) is 0 Å². The van der Waals surface area contributed by atoms with E-state index in [9.17, 15) is 4.79 Å². The summed E-state index contributed by atoms with van der Waals surface area (Å²) in [6, 6.07) is 6.59. The van der Waals surface area contributed by atoms with Gasteiger partial charge in [-0.25, -0.2) is 4.98 Å². The van der Waals surface area contributed by atoms with E-state index in [-0.39, 0.29) is 16.8 Å². The molecule has 0 radical (unpaired) electrons. The van der Waals surface area contributed by atoms with Gasteiger partial charge < -0.3 is 10.2 Å². The van der Waals surface area contributed by atoms with Crippen LogP contribution >= 0.6 is 11.6 Å². The standard InChI is InChI=1S/C12H12ClN5O/c1-18(2)11-6-3-8(7-14-11)15-12(19)9-4-5-10(13)17-16-9/h3-7H,1-2H3,(H,15,19). The summed E-state index contributed by atoms with van der Waals surface area (Å²) < 4.78 is 0. The molecule has 0 atom stereocenters. The minimum absolute atomic E-state index is 0.195. The zero-order valence-corrected chi connectivity index (χ0v) is 11.2. The van der Waals surface area contributed by atoms with Gasteiger partial charge in [0.1, 0.15) is 5.82 Å². The van der Waals surface area contributed by atoms with E-state index in [1.165, 1.54) is 12.1 Å². The predicted octanol–water partition coefficient (Wildman–Crippen LogP) is 1.84. The molecule has 0 aromatic carbocycles. The number of pyridine rings is 1. The summed E-state index contributed by atoms with van der Waals surface area (Å²) in [6.07, 6.45) is 1.58. The first-order valence-electron chi connectivity index (χ1n) is 5.50. The van der Waals surface area contributed by atoms with Crippen molar-refractivity contribution in [3.63, 3.8) is 0 Å².